The first-order chi connectivity index (χ1) is 7.69. The lowest BCUT2D eigenvalue weighted by atomic mass is 10.0. The maximum absolute atomic E-state index is 5.49. The Morgan fingerprint density at radius 1 is 1.31 bits per heavy atom. The van der Waals surface area contributed by atoms with Gasteiger partial charge in [-0.15, -0.1) is 5.10 Å². The fourth-order valence-electron chi connectivity index (χ4n) is 2.22. The van der Waals surface area contributed by atoms with Crippen LogP contribution in [0.3, 0.4) is 0 Å². The van der Waals surface area contributed by atoms with Crippen LogP contribution < -0.4 is 5.73 Å². The Morgan fingerprint density at radius 2 is 2.00 bits per heavy atom. The summed E-state index contributed by atoms with van der Waals surface area (Å²) in [6.07, 6.45) is 1.93. The Bertz CT molecular complexity index is 325. The first-order valence-electron chi connectivity index (χ1n) is 6.00. The van der Waals surface area contributed by atoms with E-state index in [4.69, 9.17) is 5.73 Å². The summed E-state index contributed by atoms with van der Waals surface area (Å²) in [5, 5.41) is 8.03. The van der Waals surface area contributed by atoms with E-state index in [2.05, 4.69) is 29.1 Å². The molecular formula is C11H21N5. The molecule has 2 atom stereocenters. The van der Waals surface area contributed by atoms with Crippen LogP contribution in [-0.4, -0.2) is 39.5 Å². The van der Waals surface area contributed by atoms with Crippen molar-refractivity contribution < 1.29 is 0 Å². The lowest BCUT2D eigenvalue weighted by molar-refractivity contribution is 0.301. The van der Waals surface area contributed by atoms with Crippen molar-refractivity contribution in [3.05, 3.63) is 11.9 Å². The summed E-state index contributed by atoms with van der Waals surface area (Å²) in [5.74, 6) is 1.63. The zero-order chi connectivity index (χ0) is 11.5. The lowest BCUT2D eigenvalue weighted by Gasteiger charge is -2.14. The van der Waals surface area contributed by atoms with Gasteiger partial charge in [-0.2, -0.15) is 0 Å². The summed E-state index contributed by atoms with van der Waals surface area (Å²) >= 11 is 0. The molecule has 90 valence electrons. The maximum atomic E-state index is 5.49. The fourth-order valence-corrected chi connectivity index (χ4v) is 2.22. The van der Waals surface area contributed by atoms with Crippen molar-refractivity contribution in [3.8, 4) is 0 Å². The highest BCUT2D eigenvalue weighted by molar-refractivity contribution is 4.90. The van der Waals surface area contributed by atoms with Gasteiger partial charge in [0.25, 0.3) is 0 Å². The van der Waals surface area contributed by atoms with Gasteiger partial charge < -0.3 is 10.6 Å². The molecule has 1 fully saturated rings. The number of likely N-dealkylation sites (tertiary alicyclic amines) is 1. The smallest absolute Gasteiger partial charge is 0.0962 e. The Labute approximate surface area is 96.6 Å². The van der Waals surface area contributed by atoms with Crippen LogP contribution in [0.15, 0.2) is 6.20 Å². The van der Waals surface area contributed by atoms with Crippen molar-refractivity contribution in [3.63, 3.8) is 0 Å². The van der Waals surface area contributed by atoms with E-state index in [-0.39, 0.29) is 0 Å². The summed E-state index contributed by atoms with van der Waals surface area (Å²) in [6, 6.07) is 0. The molecule has 5 nitrogen and oxygen atoms in total. The van der Waals surface area contributed by atoms with E-state index in [9.17, 15) is 0 Å². The first-order valence-corrected chi connectivity index (χ1v) is 6.00. The fraction of sp³-hybridized carbons (Fsp3) is 0.818. The number of rotatable bonds is 4. The minimum Gasteiger partial charge on any atom is -0.325 e. The molecule has 1 aromatic heterocycles. The molecule has 16 heavy (non-hydrogen) atoms. The Hall–Kier alpha value is -0.940. The molecule has 0 spiro atoms. The highest BCUT2D eigenvalue weighted by atomic mass is 15.4. The SMILES string of the molecule is CC1CN(CCn2cc(CN)nn2)CC1C. The molecule has 2 N–H and O–H groups in total. The van der Waals surface area contributed by atoms with Crippen molar-refractivity contribution in [1.29, 1.82) is 0 Å². The van der Waals surface area contributed by atoms with Gasteiger partial charge in [-0.25, -0.2) is 0 Å². The van der Waals surface area contributed by atoms with Gasteiger partial charge in [0, 0.05) is 32.4 Å². The quantitative estimate of drug-likeness (QED) is 0.799. The highest BCUT2D eigenvalue weighted by Gasteiger charge is 2.25. The molecule has 0 aliphatic carbocycles. The number of hydrogen-bond donors (Lipinski definition) is 1. The van der Waals surface area contributed by atoms with Gasteiger partial charge in [-0.3, -0.25) is 4.68 Å². The molecule has 2 heterocycles. The Morgan fingerprint density at radius 3 is 2.56 bits per heavy atom. The molecule has 0 aromatic carbocycles. The molecule has 1 saturated heterocycles. The van der Waals surface area contributed by atoms with E-state index in [1.54, 1.807) is 0 Å². The van der Waals surface area contributed by atoms with Gasteiger partial charge in [0.2, 0.25) is 0 Å². The molecule has 0 bridgehead atoms. The third kappa shape index (κ3) is 2.59. The zero-order valence-electron chi connectivity index (χ0n) is 10.1. The van der Waals surface area contributed by atoms with E-state index in [1.807, 2.05) is 10.9 Å². The average molecular weight is 223 g/mol. The standard InChI is InChI=1S/C11H21N5/c1-9-6-15(7-10(9)2)3-4-16-8-11(5-12)13-14-16/h8-10H,3-7,12H2,1-2H3. The minimum absolute atomic E-state index is 0.470. The molecule has 0 saturated carbocycles. The van der Waals surface area contributed by atoms with Crippen LogP contribution >= 0.6 is 0 Å². The maximum Gasteiger partial charge on any atom is 0.0962 e. The first kappa shape index (κ1) is 11.5. The predicted octanol–water partition coefficient (Wildman–Crippen LogP) is 0.325. The van der Waals surface area contributed by atoms with Gasteiger partial charge in [-0.1, -0.05) is 19.1 Å². The molecule has 1 aromatic rings. The van der Waals surface area contributed by atoms with E-state index < -0.39 is 0 Å². The third-order valence-corrected chi connectivity index (χ3v) is 3.50. The predicted molar refractivity (Wildman–Crippen MR) is 62.7 cm³/mol. The van der Waals surface area contributed by atoms with Crippen LogP contribution in [0.25, 0.3) is 0 Å². The highest BCUT2D eigenvalue weighted by Crippen LogP contribution is 2.21. The van der Waals surface area contributed by atoms with Crippen LogP contribution in [0.5, 0.6) is 0 Å². The zero-order valence-corrected chi connectivity index (χ0v) is 10.1. The largest absolute Gasteiger partial charge is 0.325 e. The van der Waals surface area contributed by atoms with Crippen LogP contribution in [-0.2, 0) is 13.1 Å². The van der Waals surface area contributed by atoms with E-state index in [0.29, 0.717) is 6.54 Å². The van der Waals surface area contributed by atoms with Crippen LogP contribution in [0, 0.1) is 11.8 Å². The van der Waals surface area contributed by atoms with Crippen molar-refractivity contribution >= 4 is 0 Å². The molecule has 1 aliphatic rings. The van der Waals surface area contributed by atoms with E-state index in [0.717, 1.165) is 30.6 Å². The van der Waals surface area contributed by atoms with Crippen LogP contribution in [0.1, 0.15) is 19.5 Å². The molecule has 1 aliphatic heterocycles. The van der Waals surface area contributed by atoms with Gasteiger partial charge in [0.1, 0.15) is 0 Å². The molecule has 0 radical (unpaired) electrons. The Balaban J connectivity index is 1.79. The second kappa shape index (κ2) is 4.93. The molecule has 5 heteroatoms. The van der Waals surface area contributed by atoms with E-state index >= 15 is 0 Å². The summed E-state index contributed by atoms with van der Waals surface area (Å²) in [7, 11) is 0. The van der Waals surface area contributed by atoms with Crippen molar-refractivity contribution in [1.82, 2.24) is 19.9 Å². The van der Waals surface area contributed by atoms with Gasteiger partial charge in [0.05, 0.1) is 12.2 Å². The summed E-state index contributed by atoms with van der Waals surface area (Å²) in [5.41, 5.74) is 6.36. The average Bonchev–Trinajstić information content (AvgIpc) is 2.84. The number of hydrogen-bond acceptors (Lipinski definition) is 4. The monoisotopic (exact) mass is 223 g/mol. The number of nitrogens with zero attached hydrogens (tertiary/aromatic N) is 4. The van der Waals surface area contributed by atoms with E-state index in [1.165, 1.54) is 13.1 Å². The Kier molecular flexibility index (Phi) is 3.56. The summed E-state index contributed by atoms with van der Waals surface area (Å²) in [4.78, 5) is 2.50. The van der Waals surface area contributed by atoms with Crippen LogP contribution in [0.2, 0.25) is 0 Å². The summed E-state index contributed by atoms with van der Waals surface area (Å²) in [6.45, 7) is 9.50. The molecular weight excluding hydrogens is 202 g/mol. The second-order valence-corrected chi connectivity index (χ2v) is 4.89. The molecule has 0 amide bonds. The van der Waals surface area contributed by atoms with Gasteiger partial charge >= 0.3 is 0 Å². The summed E-state index contributed by atoms with van der Waals surface area (Å²) < 4.78 is 1.88. The van der Waals surface area contributed by atoms with Gasteiger partial charge in [-0.05, 0) is 11.8 Å². The van der Waals surface area contributed by atoms with Crippen molar-refractivity contribution in [2.45, 2.75) is 26.9 Å². The number of aromatic nitrogens is 3. The lowest BCUT2D eigenvalue weighted by Crippen LogP contribution is -2.25. The number of nitrogens with two attached hydrogens (primary N) is 1. The topological polar surface area (TPSA) is 60.0 Å². The minimum atomic E-state index is 0.470. The molecule has 2 unspecified atom stereocenters. The normalized spacial score (nSPS) is 26.4. The third-order valence-electron chi connectivity index (χ3n) is 3.50. The second-order valence-electron chi connectivity index (χ2n) is 4.89. The van der Waals surface area contributed by atoms with Crippen molar-refractivity contribution in [2.24, 2.45) is 17.6 Å². The van der Waals surface area contributed by atoms with Crippen molar-refractivity contribution in [2.75, 3.05) is 19.6 Å². The van der Waals surface area contributed by atoms with Gasteiger partial charge in [0.15, 0.2) is 0 Å². The molecule has 2 rings (SSSR count). The van der Waals surface area contributed by atoms with Crippen LogP contribution in [0.4, 0.5) is 0 Å².